The van der Waals surface area contributed by atoms with E-state index in [0.717, 1.165) is 0 Å². The van der Waals surface area contributed by atoms with Crippen LogP contribution < -0.4 is 5.73 Å². The van der Waals surface area contributed by atoms with Gasteiger partial charge in [0, 0.05) is 7.11 Å². The molecule has 0 aliphatic rings. The molecule has 1 atom stereocenters. The molecule has 2 N–H and O–H groups in total. The van der Waals surface area contributed by atoms with E-state index in [4.69, 9.17) is 10.5 Å². The van der Waals surface area contributed by atoms with Crippen molar-refractivity contribution in [2.24, 2.45) is 5.73 Å². The first-order chi connectivity index (χ1) is 6.99. The molecule has 1 unspecified atom stereocenters. The quantitative estimate of drug-likeness (QED) is 0.826. The molecule has 84 valence electrons. The van der Waals surface area contributed by atoms with Crippen LogP contribution in [0.4, 0.5) is 0 Å². The van der Waals surface area contributed by atoms with Crippen LogP contribution in [0, 0.1) is 27.7 Å². The molecule has 15 heavy (non-hydrogen) atoms. The minimum absolute atomic E-state index is 0.0198. The minimum atomic E-state index is -0.0198. The fraction of sp³-hybridized carbons (Fsp3) is 0.538. The second-order valence-electron chi connectivity index (χ2n) is 4.24. The van der Waals surface area contributed by atoms with Crippen molar-refractivity contribution in [2.45, 2.75) is 33.7 Å². The molecule has 1 rings (SSSR count). The number of nitrogens with two attached hydrogens (primary N) is 1. The molecule has 1 aromatic rings. The summed E-state index contributed by atoms with van der Waals surface area (Å²) in [5.74, 6) is 0. The summed E-state index contributed by atoms with van der Waals surface area (Å²) in [7, 11) is 1.69. The van der Waals surface area contributed by atoms with E-state index in [9.17, 15) is 0 Å². The lowest BCUT2D eigenvalue weighted by Gasteiger charge is -2.20. The van der Waals surface area contributed by atoms with E-state index in [1.807, 2.05) is 0 Å². The number of benzene rings is 1. The molecule has 0 radical (unpaired) electrons. The van der Waals surface area contributed by atoms with Gasteiger partial charge < -0.3 is 10.5 Å². The fourth-order valence-electron chi connectivity index (χ4n) is 2.07. The van der Waals surface area contributed by atoms with Crippen LogP contribution in [-0.2, 0) is 4.74 Å². The predicted octanol–water partition coefficient (Wildman–Crippen LogP) is 2.57. The Balaban J connectivity index is 3.26. The molecule has 0 aliphatic heterocycles. The van der Waals surface area contributed by atoms with E-state index in [1.165, 1.54) is 27.8 Å². The summed E-state index contributed by atoms with van der Waals surface area (Å²) >= 11 is 0. The van der Waals surface area contributed by atoms with Gasteiger partial charge in [0.1, 0.15) is 0 Å². The van der Waals surface area contributed by atoms with Crippen molar-refractivity contribution in [3.05, 3.63) is 33.9 Å². The van der Waals surface area contributed by atoms with Crippen LogP contribution in [0.15, 0.2) is 6.07 Å². The molecule has 0 saturated heterocycles. The highest BCUT2D eigenvalue weighted by Crippen LogP contribution is 2.26. The third-order valence-corrected chi connectivity index (χ3v) is 3.14. The Morgan fingerprint density at radius 3 is 2.00 bits per heavy atom. The van der Waals surface area contributed by atoms with Crippen molar-refractivity contribution in [2.75, 3.05) is 13.7 Å². The van der Waals surface area contributed by atoms with E-state index in [-0.39, 0.29) is 6.04 Å². The van der Waals surface area contributed by atoms with E-state index in [2.05, 4.69) is 33.8 Å². The van der Waals surface area contributed by atoms with Crippen LogP contribution in [0.3, 0.4) is 0 Å². The molecule has 0 amide bonds. The smallest absolute Gasteiger partial charge is 0.0655 e. The third kappa shape index (κ3) is 2.39. The summed E-state index contributed by atoms with van der Waals surface area (Å²) in [6, 6.07) is 2.20. The van der Waals surface area contributed by atoms with Crippen molar-refractivity contribution in [3.8, 4) is 0 Å². The van der Waals surface area contributed by atoms with E-state index >= 15 is 0 Å². The second kappa shape index (κ2) is 4.77. The van der Waals surface area contributed by atoms with Gasteiger partial charge >= 0.3 is 0 Å². The number of rotatable bonds is 3. The van der Waals surface area contributed by atoms with Gasteiger partial charge in [-0.2, -0.15) is 0 Å². The molecule has 0 spiro atoms. The van der Waals surface area contributed by atoms with Crippen molar-refractivity contribution < 1.29 is 4.74 Å². The normalized spacial score (nSPS) is 12.9. The van der Waals surface area contributed by atoms with Crippen LogP contribution in [0.5, 0.6) is 0 Å². The van der Waals surface area contributed by atoms with Gasteiger partial charge in [0.05, 0.1) is 12.6 Å². The zero-order valence-electron chi connectivity index (χ0n) is 10.3. The van der Waals surface area contributed by atoms with Gasteiger partial charge in [-0.25, -0.2) is 0 Å². The first-order valence-electron chi connectivity index (χ1n) is 5.30. The molecule has 2 nitrogen and oxygen atoms in total. The molecule has 0 aromatic heterocycles. The largest absolute Gasteiger partial charge is 0.383 e. The van der Waals surface area contributed by atoms with E-state index in [0.29, 0.717) is 6.61 Å². The number of hydrogen-bond donors (Lipinski definition) is 1. The van der Waals surface area contributed by atoms with Crippen molar-refractivity contribution >= 4 is 0 Å². The topological polar surface area (TPSA) is 35.2 Å². The average Bonchev–Trinajstić information content (AvgIpc) is 2.16. The Labute approximate surface area is 92.4 Å². The Morgan fingerprint density at radius 1 is 1.13 bits per heavy atom. The molecule has 1 aromatic carbocycles. The molecule has 2 heteroatoms. The maximum atomic E-state index is 6.12. The highest BCUT2D eigenvalue weighted by Gasteiger charge is 2.14. The lowest BCUT2D eigenvalue weighted by atomic mass is 9.90. The van der Waals surface area contributed by atoms with Crippen LogP contribution in [0.1, 0.15) is 33.9 Å². The summed E-state index contributed by atoms with van der Waals surface area (Å²) in [6.45, 7) is 9.10. The Kier molecular flexibility index (Phi) is 3.89. The van der Waals surface area contributed by atoms with Gasteiger partial charge in [-0.1, -0.05) is 6.07 Å². The first-order valence-corrected chi connectivity index (χ1v) is 5.30. The monoisotopic (exact) mass is 207 g/mol. The van der Waals surface area contributed by atoms with Gasteiger partial charge in [0.25, 0.3) is 0 Å². The highest BCUT2D eigenvalue weighted by atomic mass is 16.5. The molecule has 0 bridgehead atoms. The van der Waals surface area contributed by atoms with Gasteiger partial charge in [-0.05, 0) is 55.5 Å². The lowest BCUT2D eigenvalue weighted by Crippen LogP contribution is -2.19. The zero-order valence-corrected chi connectivity index (χ0v) is 10.3. The summed E-state index contributed by atoms with van der Waals surface area (Å²) in [6.07, 6.45) is 0. The standard InChI is InChI=1S/C13H21NO/c1-8-6-9(2)11(4)13(10(8)3)12(14)7-15-5/h6,12H,7,14H2,1-5H3. The molecule has 0 heterocycles. The predicted molar refractivity (Wildman–Crippen MR) is 64.2 cm³/mol. The second-order valence-corrected chi connectivity index (χ2v) is 4.24. The number of hydrogen-bond acceptors (Lipinski definition) is 2. The van der Waals surface area contributed by atoms with Crippen LogP contribution in [-0.4, -0.2) is 13.7 Å². The van der Waals surface area contributed by atoms with Crippen molar-refractivity contribution in [1.29, 1.82) is 0 Å². The third-order valence-electron chi connectivity index (χ3n) is 3.14. The molecule has 0 aliphatic carbocycles. The first kappa shape index (κ1) is 12.2. The highest BCUT2D eigenvalue weighted by molar-refractivity contribution is 5.45. The lowest BCUT2D eigenvalue weighted by molar-refractivity contribution is 0.180. The van der Waals surface area contributed by atoms with Crippen LogP contribution >= 0.6 is 0 Å². The van der Waals surface area contributed by atoms with Crippen LogP contribution in [0.2, 0.25) is 0 Å². The molecular weight excluding hydrogens is 186 g/mol. The van der Waals surface area contributed by atoms with Gasteiger partial charge in [0.2, 0.25) is 0 Å². The van der Waals surface area contributed by atoms with Crippen molar-refractivity contribution in [3.63, 3.8) is 0 Å². The molecular formula is C13H21NO. The number of ether oxygens (including phenoxy) is 1. The van der Waals surface area contributed by atoms with Gasteiger partial charge in [-0.3, -0.25) is 0 Å². The zero-order chi connectivity index (χ0) is 11.6. The number of methoxy groups -OCH3 is 1. The average molecular weight is 207 g/mol. The molecule has 0 saturated carbocycles. The summed E-state index contributed by atoms with van der Waals surface area (Å²) in [5.41, 5.74) is 12.6. The Bertz CT molecular complexity index is 332. The Morgan fingerprint density at radius 2 is 1.60 bits per heavy atom. The van der Waals surface area contributed by atoms with Crippen LogP contribution in [0.25, 0.3) is 0 Å². The SMILES string of the molecule is COCC(N)c1c(C)c(C)cc(C)c1C. The van der Waals surface area contributed by atoms with Gasteiger partial charge in [-0.15, -0.1) is 0 Å². The maximum absolute atomic E-state index is 6.12. The summed E-state index contributed by atoms with van der Waals surface area (Å²) < 4.78 is 5.12. The van der Waals surface area contributed by atoms with Gasteiger partial charge in [0.15, 0.2) is 0 Å². The number of aryl methyl sites for hydroxylation is 2. The molecule has 0 fully saturated rings. The summed E-state index contributed by atoms with van der Waals surface area (Å²) in [5, 5.41) is 0. The Hall–Kier alpha value is -0.860. The fourth-order valence-corrected chi connectivity index (χ4v) is 2.07. The summed E-state index contributed by atoms with van der Waals surface area (Å²) in [4.78, 5) is 0. The maximum Gasteiger partial charge on any atom is 0.0655 e. The van der Waals surface area contributed by atoms with E-state index in [1.54, 1.807) is 7.11 Å². The minimum Gasteiger partial charge on any atom is -0.383 e. The van der Waals surface area contributed by atoms with E-state index < -0.39 is 0 Å². The van der Waals surface area contributed by atoms with Crippen molar-refractivity contribution in [1.82, 2.24) is 0 Å².